The third kappa shape index (κ3) is 13.7. The zero-order valence-corrected chi connectivity index (χ0v) is 42.8. The predicted molar refractivity (Wildman–Crippen MR) is 247 cm³/mol. The lowest BCUT2D eigenvalue weighted by Gasteiger charge is -2.27. The molecule has 0 amide bonds. The van der Waals surface area contributed by atoms with Gasteiger partial charge in [-0.05, 0) is 37.0 Å². The van der Waals surface area contributed by atoms with E-state index in [0.717, 1.165) is 5.69 Å². The fourth-order valence-electron chi connectivity index (χ4n) is 7.77. The van der Waals surface area contributed by atoms with E-state index < -0.39 is 0 Å². The van der Waals surface area contributed by atoms with Crippen molar-refractivity contribution in [2.24, 2.45) is 14.1 Å². The van der Waals surface area contributed by atoms with Crippen LogP contribution in [0.3, 0.4) is 0 Å². The number of H-pyrrole nitrogens is 2. The second-order valence-corrected chi connectivity index (χ2v) is 24.6. The Morgan fingerprint density at radius 1 is 0.439 bits per heavy atom. The lowest BCUT2D eigenvalue weighted by atomic mass is 9.78. The largest absolute Gasteiger partial charge is 0.348 e. The van der Waals surface area contributed by atoms with E-state index in [-0.39, 0.29) is 43.3 Å². The van der Waals surface area contributed by atoms with E-state index in [9.17, 15) is 0 Å². The van der Waals surface area contributed by atoms with Crippen molar-refractivity contribution in [3.63, 3.8) is 0 Å². The number of imidazole rings is 1. The molecule has 0 saturated heterocycles. The van der Waals surface area contributed by atoms with Gasteiger partial charge in [-0.2, -0.15) is 15.3 Å². The molecule has 0 unspecified atom stereocenters. The summed E-state index contributed by atoms with van der Waals surface area (Å²) in [5, 5.41) is 16.8. The Hall–Kier alpha value is -3.16. The molecule has 0 aromatic carbocycles. The minimum atomic E-state index is 0.118. The average Bonchev–Trinajstić information content (AvgIpc) is 3.72. The highest BCUT2D eigenvalue weighted by Gasteiger charge is 2.33. The molecule has 0 aliphatic rings. The molecule has 4 rings (SSSR count). The number of hydrogen-bond donors (Lipinski definition) is 2. The molecule has 4 heterocycles. The molecule has 57 heavy (non-hydrogen) atoms. The zero-order valence-electron chi connectivity index (χ0n) is 42.8. The van der Waals surface area contributed by atoms with Gasteiger partial charge in [0, 0.05) is 80.6 Å². The fraction of sp³-hybridized carbons (Fsp3) is 0.755. The van der Waals surface area contributed by atoms with Crippen molar-refractivity contribution in [1.82, 2.24) is 39.7 Å². The van der Waals surface area contributed by atoms with Crippen LogP contribution in [0.15, 0.2) is 6.33 Å². The summed E-state index contributed by atoms with van der Waals surface area (Å²) in [5.74, 6) is 0. The second-order valence-electron chi connectivity index (χ2n) is 24.6. The molecule has 0 fully saturated rings. The standard InChI is InChI=1S/2C13H24N2.C12H22N2.C11H20N2/c1-9-10(12(2,3)4)11(13(5,6)7)14-15(9)8;1-9-10(12(2,3)4)11(13(5,6)7)15(8)14-9;1-8-9(11(2,3)4)10(14-13-8)12(5,6)7;1-10(2,3)8-9(11(4,5)6)13-7-12-8/h2*1-8H3;1-7H3,(H,13,14);7H,1-6H3,(H,12,13). The molecule has 0 saturated carbocycles. The van der Waals surface area contributed by atoms with Crippen LogP contribution in [0.25, 0.3) is 0 Å². The maximum atomic E-state index is 4.66. The van der Waals surface area contributed by atoms with Gasteiger partial charge >= 0.3 is 0 Å². The Morgan fingerprint density at radius 2 is 0.860 bits per heavy atom. The maximum absolute atomic E-state index is 4.66. The van der Waals surface area contributed by atoms with Gasteiger partial charge in [-0.1, -0.05) is 166 Å². The molecule has 0 aliphatic heterocycles. The van der Waals surface area contributed by atoms with Gasteiger partial charge in [0.1, 0.15) is 0 Å². The van der Waals surface area contributed by atoms with Gasteiger partial charge in [-0.15, -0.1) is 0 Å². The van der Waals surface area contributed by atoms with E-state index in [1.165, 1.54) is 56.5 Å². The average molecular weight is 791 g/mol. The van der Waals surface area contributed by atoms with Crippen LogP contribution in [0.4, 0.5) is 0 Å². The molecule has 0 spiro atoms. The molecule has 0 radical (unpaired) electrons. The SMILES string of the molecule is CC(C)(C)c1nc[nH]c1C(C)(C)C.Cc1[nH]nc(C(C)(C)C)c1C(C)(C)C.Cc1c(C(C)(C)C)c(C(C)(C)C)nn1C.Cc1nn(C)c(C(C)(C)C)c1C(C)(C)C. The summed E-state index contributed by atoms with van der Waals surface area (Å²) in [6.45, 7) is 59.8. The van der Waals surface area contributed by atoms with Crippen molar-refractivity contribution in [1.29, 1.82) is 0 Å². The lowest BCUT2D eigenvalue weighted by molar-refractivity contribution is 0.492. The zero-order chi connectivity index (χ0) is 45.5. The van der Waals surface area contributed by atoms with Gasteiger partial charge in [0.15, 0.2) is 0 Å². The van der Waals surface area contributed by atoms with E-state index >= 15 is 0 Å². The van der Waals surface area contributed by atoms with Gasteiger partial charge in [-0.25, -0.2) is 4.98 Å². The second kappa shape index (κ2) is 17.2. The summed E-state index contributed by atoms with van der Waals surface area (Å²) in [4.78, 5) is 7.64. The van der Waals surface area contributed by atoms with E-state index in [1.807, 2.05) is 23.5 Å². The van der Waals surface area contributed by atoms with Crippen LogP contribution in [0, 0.1) is 20.8 Å². The van der Waals surface area contributed by atoms with Crippen LogP contribution < -0.4 is 0 Å². The van der Waals surface area contributed by atoms with Crippen molar-refractivity contribution >= 4 is 0 Å². The van der Waals surface area contributed by atoms with E-state index in [1.54, 1.807) is 6.33 Å². The Kier molecular flexibility index (Phi) is 15.7. The predicted octanol–water partition coefficient (Wildman–Crippen LogP) is 13.0. The van der Waals surface area contributed by atoms with E-state index in [4.69, 9.17) is 0 Å². The highest BCUT2D eigenvalue weighted by molar-refractivity contribution is 5.38. The normalized spacial score (nSPS) is 13.4. The number of hydrogen-bond acceptors (Lipinski definition) is 4. The highest BCUT2D eigenvalue weighted by Crippen LogP contribution is 2.37. The lowest BCUT2D eigenvalue weighted by Crippen LogP contribution is -2.24. The van der Waals surface area contributed by atoms with E-state index in [0.29, 0.717) is 0 Å². The number of aryl methyl sites for hydroxylation is 4. The van der Waals surface area contributed by atoms with Gasteiger partial charge in [0.25, 0.3) is 0 Å². The first-order valence-electron chi connectivity index (χ1n) is 21.2. The first kappa shape index (κ1) is 51.9. The summed E-state index contributed by atoms with van der Waals surface area (Å²) in [5.41, 5.74) is 15.2. The maximum Gasteiger partial charge on any atom is 0.0925 e. The fourth-order valence-corrected chi connectivity index (χ4v) is 7.77. The van der Waals surface area contributed by atoms with Gasteiger partial charge in [0.2, 0.25) is 0 Å². The van der Waals surface area contributed by atoms with Crippen LogP contribution in [0.2, 0.25) is 0 Å². The first-order chi connectivity index (χ1) is 25.0. The molecule has 2 N–H and O–H groups in total. The molecule has 8 heteroatoms. The Morgan fingerprint density at radius 3 is 1.14 bits per heavy atom. The number of rotatable bonds is 0. The van der Waals surface area contributed by atoms with Crippen molar-refractivity contribution in [2.75, 3.05) is 0 Å². The first-order valence-corrected chi connectivity index (χ1v) is 21.2. The Bertz CT molecular complexity index is 1800. The van der Waals surface area contributed by atoms with Crippen LogP contribution in [0.1, 0.15) is 228 Å². The summed E-state index contributed by atoms with van der Waals surface area (Å²) in [6, 6.07) is 0. The molecule has 0 aliphatic carbocycles. The van der Waals surface area contributed by atoms with Crippen molar-refractivity contribution in [2.45, 2.75) is 230 Å². The van der Waals surface area contributed by atoms with Crippen LogP contribution in [0.5, 0.6) is 0 Å². The molecule has 326 valence electrons. The van der Waals surface area contributed by atoms with E-state index in [2.05, 4.69) is 217 Å². The molecular weight excluding hydrogens is 701 g/mol. The molecule has 8 nitrogen and oxygen atoms in total. The van der Waals surface area contributed by atoms with Crippen LogP contribution in [-0.2, 0) is 57.4 Å². The molecule has 0 bridgehead atoms. The molecule has 4 aromatic heterocycles. The number of aromatic amines is 2. The van der Waals surface area contributed by atoms with Gasteiger partial charge in [-0.3, -0.25) is 14.5 Å². The summed E-state index contributed by atoms with van der Waals surface area (Å²) in [7, 11) is 4.07. The molecular formula is C49H90N8. The molecule has 0 atom stereocenters. The number of nitrogens with zero attached hydrogens (tertiary/aromatic N) is 6. The summed E-state index contributed by atoms with van der Waals surface area (Å²) < 4.78 is 4.04. The number of nitrogens with one attached hydrogen (secondary N) is 2. The number of aromatic nitrogens is 8. The topological polar surface area (TPSA) is 93.0 Å². The minimum absolute atomic E-state index is 0.118. The van der Waals surface area contributed by atoms with Gasteiger partial charge in [0.05, 0.1) is 29.1 Å². The third-order valence-electron chi connectivity index (χ3n) is 9.98. The minimum Gasteiger partial charge on any atom is -0.348 e. The van der Waals surface area contributed by atoms with Crippen molar-refractivity contribution in [3.05, 3.63) is 68.6 Å². The molecule has 4 aromatic rings. The Balaban J connectivity index is 0.000000381. The monoisotopic (exact) mass is 791 g/mol. The quantitative estimate of drug-likeness (QED) is 0.185. The third-order valence-corrected chi connectivity index (χ3v) is 9.98. The smallest absolute Gasteiger partial charge is 0.0925 e. The van der Waals surface area contributed by atoms with Crippen LogP contribution >= 0.6 is 0 Å². The van der Waals surface area contributed by atoms with Crippen LogP contribution in [-0.4, -0.2) is 39.7 Å². The summed E-state index contributed by atoms with van der Waals surface area (Å²) >= 11 is 0. The Labute approximate surface area is 351 Å². The highest BCUT2D eigenvalue weighted by atomic mass is 15.3. The van der Waals surface area contributed by atoms with Crippen molar-refractivity contribution in [3.8, 4) is 0 Å². The van der Waals surface area contributed by atoms with Gasteiger partial charge < -0.3 is 4.98 Å². The summed E-state index contributed by atoms with van der Waals surface area (Å²) in [6.07, 6.45) is 1.79. The van der Waals surface area contributed by atoms with Crippen molar-refractivity contribution < 1.29 is 0 Å².